The van der Waals surface area contributed by atoms with Crippen molar-refractivity contribution < 1.29 is 15.3 Å². The first kappa shape index (κ1) is 16.6. The van der Waals surface area contributed by atoms with Crippen LogP contribution in [0.1, 0.15) is 0 Å². The summed E-state index contributed by atoms with van der Waals surface area (Å²) in [5.74, 6) is 0. The van der Waals surface area contributed by atoms with E-state index in [1.807, 2.05) is 0 Å². The van der Waals surface area contributed by atoms with Gasteiger partial charge in [-0.1, -0.05) is 0 Å². The van der Waals surface area contributed by atoms with Gasteiger partial charge in [0.05, 0.1) is 6.61 Å². The number of aliphatic hydroxyl groups is 3. The van der Waals surface area contributed by atoms with E-state index >= 15 is 0 Å². The molecule has 0 saturated heterocycles. The molecule has 0 aromatic carbocycles. The van der Waals surface area contributed by atoms with E-state index in [-0.39, 0.29) is 103 Å². The molecular weight excluding hydrogens is 150 g/mol. The standard InChI is InChI=1S/C2H6O3.2K.2H/c3-1-2(4)5;;;;/h2-5H,1H2;;;;. The van der Waals surface area contributed by atoms with E-state index in [0.717, 1.165) is 0 Å². The van der Waals surface area contributed by atoms with E-state index in [2.05, 4.69) is 0 Å². The van der Waals surface area contributed by atoms with Crippen molar-refractivity contribution in [2.75, 3.05) is 6.61 Å². The topological polar surface area (TPSA) is 60.7 Å². The minimum atomic E-state index is -1.56. The van der Waals surface area contributed by atoms with Crippen LogP contribution in [0, 0.1) is 0 Å². The quantitative estimate of drug-likeness (QED) is 0.281. The Morgan fingerprint density at radius 1 is 1.14 bits per heavy atom. The van der Waals surface area contributed by atoms with Gasteiger partial charge in [-0.3, -0.25) is 0 Å². The molecule has 0 heterocycles. The number of hydrogen-bond donors (Lipinski definition) is 3. The van der Waals surface area contributed by atoms with E-state index in [4.69, 9.17) is 15.3 Å². The molecule has 0 amide bonds. The molecule has 0 atom stereocenters. The van der Waals surface area contributed by atoms with E-state index in [9.17, 15) is 0 Å². The fourth-order valence-corrected chi connectivity index (χ4v) is 0. The molecule has 0 unspecified atom stereocenters. The van der Waals surface area contributed by atoms with Gasteiger partial charge >= 0.3 is 103 Å². The summed E-state index contributed by atoms with van der Waals surface area (Å²) in [6.45, 7) is -0.583. The van der Waals surface area contributed by atoms with Crippen LogP contribution in [0.5, 0.6) is 0 Å². The van der Waals surface area contributed by atoms with Gasteiger partial charge in [0.15, 0.2) is 6.29 Å². The van der Waals surface area contributed by atoms with Gasteiger partial charge in [-0.25, -0.2) is 0 Å². The third-order valence-corrected chi connectivity index (χ3v) is 0.163. The van der Waals surface area contributed by atoms with Crippen LogP contribution in [0.4, 0.5) is 0 Å². The second-order valence-electron chi connectivity index (χ2n) is 0.663. The second-order valence-corrected chi connectivity index (χ2v) is 0.663. The first-order valence-electron chi connectivity index (χ1n) is 1.24. The molecule has 5 heteroatoms. The monoisotopic (exact) mass is 158 g/mol. The molecule has 7 heavy (non-hydrogen) atoms. The van der Waals surface area contributed by atoms with Crippen LogP contribution in [-0.4, -0.2) is 131 Å². The first-order valence-corrected chi connectivity index (χ1v) is 1.24. The Labute approximate surface area is 127 Å². The SMILES string of the molecule is OCC(O)O.[KH].[KH]. The second kappa shape index (κ2) is 11.9. The molecule has 0 aliphatic rings. The fourth-order valence-electron chi connectivity index (χ4n) is 0. The summed E-state index contributed by atoms with van der Waals surface area (Å²) in [5.41, 5.74) is 0. The molecule has 0 fully saturated rings. The third kappa shape index (κ3) is 17.6. The Morgan fingerprint density at radius 2 is 1.29 bits per heavy atom. The Morgan fingerprint density at radius 3 is 1.29 bits per heavy atom. The molecule has 36 valence electrons. The summed E-state index contributed by atoms with van der Waals surface area (Å²) in [7, 11) is 0. The van der Waals surface area contributed by atoms with Crippen molar-refractivity contribution in [2.45, 2.75) is 6.29 Å². The summed E-state index contributed by atoms with van der Waals surface area (Å²) in [6.07, 6.45) is -1.56. The van der Waals surface area contributed by atoms with E-state index < -0.39 is 12.9 Å². The Kier molecular flexibility index (Phi) is 28.2. The molecule has 0 aliphatic heterocycles. The van der Waals surface area contributed by atoms with Gasteiger partial charge in [0, 0.05) is 0 Å². The molecule has 0 spiro atoms. The van der Waals surface area contributed by atoms with Crippen LogP contribution in [-0.2, 0) is 0 Å². The maximum absolute atomic E-state index is 7.67. The number of aliphatic hydroxyl groups excluding tert-OH is 2. The van der Waals surface area contributed by atoms with Gasteiger partial charge in [-0.2, -0.15) is 0 Å². The summed E-state index contributed by atoms with van der Waals surface area (Å²) < 4.78 is 0. The van der Waals surface area contributed by atoms with Gasteiger partial charge in [-0.05, 0) is 0 Å². The summed E-state index contributed by atoms with van der Waals surface area (Å²) in [6, 6.07) is 0. The summed E-state index contributed by atoms with van der Waals surface area (Å²) >= 11 is 0. The normalized spacial score (nSPS) is 6.86. The molecule has 0 rings (SSSR count). The zero-order valence-electron chi connectivity index (χ0n) is 2.63. The van der Waals surface area contributed by atoms with E-state index in [0.29, 0.717) is 0 Å². The molecule has 3 nitrogen and oxygen atoms in total. The van der Waals surface area contributed by atoms with Gasteiger partial charge in [0.2, 0.25) is 0 Å². The molecule has 0 aliphatic carbocycles. The minimum absolute atomic E-state index is 0. The number of rotatable bonds is 1. The summed E-state index contributed by atoms with van der Waals surface area (Å²) in [5, 5.41) is 23.0. The molecule has 3 N–H and O–H groups in total. The molecule has 0 radical (unpaired) electrons. The Balaban J connectivity index is -0.0000000800. The molecule has 0 saturated carbocycles. The maximum atomic E-state index is 7.67. The van der Waals surface area contributed by atoms with Crippen molar-refractivity contribution in [1.29, 1.82) is 0 Å². The first-order chi connectivity index (χ1) is 2.27. The fraction of sp³-hybridized carbons (Fsp3) is 1.00. The Hall–Kier alpha value is 3.15. The van der Waals surface area contributed by atoms with Crippen molar-refractivity contribution in [3.05, 3.63) is 0 Å². The molecule has 0 bridgehead atoms. The Bertz CT molecular complexity index is 24.9. The van der Waals surface area contributed by atoms with Crippen molar-refractivity contribution in [3.8, 4) is 0 Å². The molecular formula is C2H8K2O3. The zero-order valence-corrected chi connectivity index (χ0v) is 2.63. The zero-order chi connectivity index (χ0) is 4.28. The predicted molar refractivity (Wildman–Crippen MR) is 29.6 cm³/mol. The third-order valence-electron chi connectivity index (χ3n) is 0.163. The van der Waals surface area contributed by atoms with E-state index in [1.54, 1.807) is 0 Å². The van der Waals surface area contributed by atoms with Crippen molar-refractivity contribution >= 4 is 103 Å². The van der Waals surface area contributed by atoms with Crippen molar-refractivity contribution in [3.63, 3.8) is 0 Å². The molecule has 0 aromatic rings. The van der Waals surface area contributed by atoms with Gasteiger partial charge in [0.1, 0.15) is 0 Å². The molecule has 0 aromatic heterocycles. The van der Waals surface area contributed by atoms with Gasteiger partial charge in [0.25, 0.3) is 0 Å². The van der Waals surface area contributed by atoms with Crippen LogP contribution in [0.25, 0.3) is 0 Å². The average Bonchev–Trinajstić information content (AvgIpc) is 1.38. The average molecular weight is 158 g/mol. The van der Waals surface area contributed by atoms with Gasteiger partial charge < -0.3 is 15.3 Å². The van der Waals surface area contributed by atoms with Crippen LogP contribution in [0.2, 0.25) is 0 Å². The van der Waals surface area contributed by atoms with Crippen LogP contribution < -0.4 is 0 Å². The predicted octanol–water partition coefficient (Wildman–Crippen LogP) is -3.01. The van der Waals surface area contributed by atoms with Crippen LogP contribution >= 0.6 is 0 Å². The van der Waals surface area contributed by atoms with E-state index in [1.165, 1.54) is 0 Å². The van der Waals surface area contributed by atoms with Gasteiger partial charge in [-0.15, -0.1) is 0 Å². The summed E-state index contributed by atoms with van der Waals surface area (Å²) in [4.78, 5) is 0. The van der Waals surface area contributed by atoms with Crippen LogP contribution in [0.15, 0.2) is 0 Å². The number of hydrogen-bond acceptors (Lipinski definition) is 3. The van der Waals surface area contributed by atoms with Crippen molar-refractivity contribution in [1.82, 2.24) is 0 Å². The van der Waals surface area contributed by atoms with Crippen molar-refractivity contribution in [2.24, 2.45) is 0 Å². The van der Waals surface area contributed by atoms with Crippen LogP contribution in [0.3, 0.4) is 0 Å².